The normalized spacial score (nSPS) is 19.4. The molecule has 2 saturated heterocycles. The van der Waals surface area contributed by atoms with Crippen LogP contribution in [-0.2, 0) is 9.53 Å². The molecule has 1 aromatic carbocycles. The molecule has 0 saturated carbocycles. The van der Waals surface area contributed by atoms with Gasteiger partial charge in [-0.25, -0.2) is 9.18 Å². The maximum atomic E-state index is 14.7. The number of carbonyl (C=O) groups is 2. The second-order valence-electron chi connectivity index (χ2n) is 7.07. The summed E-state index contributed by atoms with van der Waals surface area (Å²) in [7, 11) is 0. The summed E-state index contributed by atoms with van der Waals surface area (Å²) in [6, 6.07) is 7.00. The van der Waals surface area contributed by atoms with Gasteiger partial charge in [0.25, 0.3) is 0 Å². The molecular weight excluding hydrogens is 395 g/mol. The minimum absolute atomic E-state index is 0.167. The van der Waals surface area contributed by atoms with E-state index >= 15 is 0 Å². The molecule has 0 aliphatic carbocycles. The summed E-state index contributed by atoms with van der Waals surface area (Å²) in [6.45, 7) is 3.75. The molecule has 0 bridgehead atoms. The number of hydrogen-bond donors (Lipinski definition) is 1. The summed E-state index contributed by atoms with van der Waals surface area (Å²) in [5.41, 5.74) is 1.98. The maximum Gasteiger partial charge on any atom is 0.414 e. The summed E-state index contributed by atoms with van der Waals surface area (Å²) < 4.78 is 21.8. The van der Waals surface area contributed by atoms with Crippen molar-refractivity contribution in [1.82, 2.24) is 9.88 Å². The van der Waals surface area contributed by atoms with Crippen LogP contribution >= 0.6 is 11.8 Å². The van der Waals surface area contributed by atoms with Crippen molar-refractivity contribution in [3.05, 3.63) is 42.5 Å². The van der Waals surface area contributed by atoms with Crippen molar-refractivity contribution in [2.75, 3.05) is 47.5 Å². The SMILES string of the molecule is CC(=O)NC[C@H]1CN(c2ccn(-c3ccc(N4CCSCC4)c(F)c3)c2)C(=O)O1. The van der Waals surface area contributed by atoms with E-state index in [1.807, 2.05) is 23.9 Å². The van der Waals surface area contributed by atoms with Crippen molar-refractivity contribution in [1.29, 1.82) is 0 Å². The molecule has 4 rings (SSSR count). The second kappa shape index (κ2) is 8.36. The molecule has 0 unspecified atom stereocenters. The van der Waals surface area contributed by atoms with E-state index in [2.05, 4.69) is 10.2 Å². The monoisotopic (exact) mass is 418 g/mol. The number of benzene rings is 1. The molecule has 2 fully saturated rings. The Morgan fingerprint density at radius 2 is 2.07 bits per heavy atom. The molecule has 0 spiro atoms. The molecule has 154 valence electrons. The maximum absolute atomic E-state index is 14.7. The molecule has 7 nitrogen and oxygen atoms in total. The first kappa shape index (κ1) is 19.6. The number of thioether (sulfide) groups is 1. The first-order valence-electron chi connectivity index (χ1n) is 9.54. The topological polar surface area (TPSA) is 66.8 Å². The Labute approximate surface area is 172 Å². The molecular formula is C20H23FN4O3S. The standard InChI is InChI=1S/C20H23FN4O3S/c1-14(26)22-11-17-13-25(20(27)28-17)16-4-5-24(12-16)15-2-3-19(18(21)10-15)23-6-8-29-9-7-23/h2-5,10,12,17H,6-9,11,13H2,1H3,(H,22,26)/t17-/m0/s1. The van der Waals surface area contributed by atoms with Gasteiger partial charge < -0.3 is 19.5 Å². The Bertz CT molecular complexity index is 913. The lowest BCUT2D eigenvalue weighted by atomic mass is 10.2. The fourth-order valence-corrected chi connectivity index (χ4v) is 4.42. The lowest BCUT2D eigenvalue weighted by Gasteiger charge is -2.29. The van der Waals surface area contributed by atoms with Crippen LogP contribution in [0.15, 0.2) is 36.7 Å². The molecule has 1 atom stereocenters. The fraction of sp³-hybridized carbons (Fsp3) is 0.400. The third-order valence-corrected chi connectivity index (χ3v) is 5.97. The van der Waals surface area contributed by atoms with Gasteiger partial charge in [-0.2, -0.15) is 11.8 Å². The molecule has 3 heterocycles. The minimum Gasteiger partial charge on any atom is -0.442 e. The van der Waals surface area contributed by atoms with Gasteiger partial charge in [-0.1, -0.05) is 0 Å². The predicted molar refractivity (Wildman–Crippen MR) is 112 cm³/mol. The average Bonchev–Trinajstić information content (AvgIpc) is 3.33. The van der Waals surface area contributed by atoms with Crippen molar-refractivity contribution in [3.8, 4) is 5.69 Å². The summed E-state index contributed by atoms with van der Waals surface area (Å²) >= 11 is 1.89. The molecule has 2 amide bonds. The van der Waals surface area contributed by atoms with E-state index in [1.54, 1.807) is 23.0 Å². The molecule has 2 aliphatic heterocycles. The molecule has 9 heteroatoms. The largest absolute Gasteiger partial charge is 0.442 e. The zero-order valence-corrected chi connectivity index (χ0v) is 17.0. The Balaban J connectivity index is 1.47. The number of nitrogens with zero attached hydrogens (tertiary/aromatic N) is 3. The van der Waals surface area contributed by atoms with Gasteiger partial charge in [0, 0.05) is 49.6 Å². The molecule has 2 aliphatic rings. The van der Waals surface area contributed by atoms with Gasteiger partial charge in [-0.05, 0) is 24.3 Å². The van der Waals surface area contributed by atoms with E-state index < -0.39 is 12.2 Å². The van der Waals surface area contributed by atoms with Crippen LogP contribution in [0.4, 0.5) is 20.6 Å². The van der Waals surface area contributed by atoms with Gasteiger partial charge in [0.15, 0.2) is 0 Å². The van der Waals surface area contributed by atoms with Crippen LogP contribution in [0.2, 0.25) is 0 Å². The fourth-order valence-electron chi connectivity index (χ4n) is 3.52. The van der Waals surface area contributed by atoms with Crippen molar-refractivity contribution >= 4 is 35.1 Å². The Hall–Kier alpha value is -2.68. The molecule has 2 aromatic rings. The number of ether oxygens (including phenoxy) is 1. The zero-order chi connectivity index (χ0) is 20.4. The highest BCUT2D eigenvalue weighted by Gasteiger charge is 2.32. The average molecular weight is 418 g/mol. The van der Waals surface area contributed by atoms with Gasteiger partial charge in [-0.15, -0.1) is 0 Å². The summed E-state index contributed by atoms with van der Waals surface area (Å²) in [5.74, 6) is 1.61. The summed E-state index contributed by atoms with van der Waals surface area (Å²) in [5, 5.41) is 2.65. The molecule has 29 heavy (non-hydrogen) atoms. The van der Waals surface area contributed by atoms with Gasteiger partial charge in [0.1, 0.15) is 11.9 Å². The molecule has 1 N–H and O–H groups in total. The van der Waals surface area contributed by atoms with E-state index in [0.29, 0.717) is 23.6 Å². The number of aromatic nitrogens is 1. The zero-order valence-electron chi connectivity index (χ0n) is 16.1. The lowest BCUT2D eigenvalue weighted by Crippen LogP contribution is -2.33. The third kappa shape index (κ3) is 4.34. The smallest absolute Gasteiger partial charge is 0.414 e. The lowest BCUT2D eigenvalue weighted by molar-refractivity contribution is -0.119. The van der Waals surface area contributed by atoms with Crippen LogP contribution < -0.4 is 15.1 Å². The number of cyclic esters (lactones) is 1. The van der Waals surface area contributed by atoms with Gasteiger partial charge in [0.05, 0.1) is 24.5 Å². The highest BCUT2D eigenvalue weighted by Crippen LogP contribution is 2.27. The third-order valence-electron chi connectivity index (χ3n) is 5.02. The number of rotatable bonds is 5. The van der Waals surface area contributed by atoms with Gasteiger partial charge >= 0.3 is 6.09 Å². The van der Waals surface area contributed by atoms with Gasteiger partial charge in [0.2, 0.25) is 5.91 Å². The number of halogens is 1. The Morgan fingerprint density at radius 1 is 1.28 bits per heavy atom. The first-order chi connectivity index (χ1) is 14.0. The van der Waals surface area contributed by atoms with E-state index in [-0.39, 0.29) is 18.3 Å². The van der Waals surface area contributed by atoms with E-state index in [0.717, 1.165) is 24.6 Å². The number of nitrogens with one attached hydrogen (secondary N) is 1. The number of hydrogen-bond acceptors (Lipinski definition) is 5. The van der Waals surface area contributed by atoms with Crippen LogP contribution in [-0.4, -0.2) is 60.4 Å². The number of carbonyl (C=O) groups excluding carboxylic acids is 2. The van der Waals surface area contributed by atoms with Crippen molar-refractivity contribution in [2.24, 2.45) is 0 Å². The summed E-state index contributed by atoms with van der Waals surface area (Å²) in [4.78, 5) is 26.8. The van der Waals surface area contributed by atoms with Crippen LogP contribution in [0, 0.1) is 5.82 Å². The highest BCUT2D eigenvalue weighted by atomic mass is 32.2. The Kier molecular flexibility index (Phi) is 5.66. The van der Waals surface area contributed by atoms with Crippen LogP contribution in [0.1, 0.15) is 6.92 Å². The van der Waals surface area contributed by atoms with Crippen molar-refractivity contribution in [3.63, 3.8) is 0 Å². The number of anilines is 2. The van der Waals surface area contributed by atoms with Crippen LogP contribution in [0.25, 0.3) is 5.69 Å². The first-order valence-corrected chi connectivity index (χ1v) is 10.7. The molecule has 1 aromatic heterocycles. The quantitative estimate of drug-likeness (QED) is 0.809. The van der Waals surface area contributed by atoms with E-state index in [4.69, 9.17) is 4.74 Å². The van der Waals surface area contributed by atoms with Crippen LogP contribution in [0.5, 0.6) is 0 Å². The van der Waals surface area contributed by atoms with Crippen LogP contribution in [0.3, 0.4) is 0 Å². The van der Waals surface area contributed by atoms with E-state index in [9.17, 15) is 14.0 Å². The van der Waals surface area contributed by atoms with Crippen molar-refractivity contribution in [2.45, 2.75) is 13.0 Å². The highest BCUT2D eigenvalue weighted by molar-refractivity contribution is 7.99. The van der Waals surface area contributed by atoms with Gasteiger partial charge in [-0.3, -0.25) is 9.69 Å². The van der Waals surface area contributed by atoms with Crippen molar-refractivity contribution < 1.29 is 18.7 Å². The minimum atomic E-state index is -0.456. The van der Waals surface area contributed by atoms with E-state index in [1.165, 1.54) is 17.9 Å². The second-order valence-corrected chi connectivity index (χ2v) is 8.29. The number of amides is 2. The Morgan fingerprint density at radius 3 is 2.79 bits per heavy atom. The molecule has 0 radical (unpaired) electrons. The summed E-state index contributed by atoms with van der Waals surface area (Å²) in [6.07, 6.45) is 2.71. The predicted octanol–water partition coefficient (Wildman–Crippen LogP) is 2.63.